The maximum atomic E-state index is 14.3. The first-order valence-electron chi connectivity index (χ1n) is 14.0. The first kappa shape index (κ1) is 31.0. The number of nitrogens with one attached hydrogen (secondary N) is 1. The normalized spacial score (nSPS) is 14.5. The van der Waals surface area contributed by atoms with E-state index in [1.807, 2.05) is 103 Å². The minimum atomic E-state index is -0.723. The van der Waals surface area contributed by atoms with Crippen molar-refractivity contribution in [1.29, 1.82) is 0 Å². The van der Waals surface area contributed by atoms with Gasteiger partial charge in [-0.1, -0.05) is 87.9 Å². The fourth-order valence-electron chi connectivity index (χ4n) is 5.17. The Morgan fingerprint density at radius 1 is 1.04 bits per heavy atom. The second-order valence-electron chi connectivity index (χ2n) is 10.3. The standard InChI is InChI=1S/C35H27BrIN3O4S/c1-21-30(33(41)39-26-13-7-4-8-14-26)31(23-12-9-15-27(17-23)43-2)40-34(42)29(45-35(40)38-21)18-24-16-25(36)19-28(37)32(24)44-20-22-10-5-3-6-11-22/h3-19,31H,20H2,1-2H3,(H,39,41)/b29-18-/t31-/m1/s1. The van der Waals surface area contributed by atoms with Crippen LogP contribution in [-0.2, 0) is 11.4 Å². The van der Waals surface area contributed by atoms with Crippen molar-refractivity contribution in [2.45, 2.75) is 19.6 Å². The van der Waals surface area contributed by atoms with Crippen molar-refractivity contribution in [3.8, 4) is 11.5 Å². The molecule has 0 radical (unpaired) electrons. The van der Waals surface area contributed by atoms with Gasteiger partial charge >= 0.3 is 0 Å². The van der Waals surface area contributed by atoms with E-state index in [1.54, 1.807) is 18.6 Å². The number of hydrogen-bond donors (Lipinski definition) is 1. The van der Waals surface area contributed by atoms with E-state index >= 15 is 0 Å². The third-order valence-corrected chi connectivity index (χ3v) is 9.50. The van der Waals surface area contributed by atoms with Gasteiger partial charge in [-0.2, -0.15) is 0 Å². The molecule has 1 aromatic heterocycles. The van der Waals surface area contributed by atoms with Crippen molar-refractivity contribution < 1.29 is 14.3 Å². The van der Waals surface area contributed by atoms with E-state index in [4.69, 9.17) is 14.5 Å². The predicted molar refractivity (Wildman–Crippen MR) is 189 cm³/mol. The van der Waals surface area contributed by atoms with E-state index in [2.05, 4.69) is 43.8 Å². The number of allylic oxidation sites excluding steroid dienone is 1. The summed E-state index contributed by atoms with van der Waals surface area (Å²) in [6.45, 7) is 2.19. The minimum absolute atomic E-state index is 0.256. The fourth-order valence-corrected chi connectivity index (χ4v) is 7.91. The van der Waals surface area contributed by atoms with Gasteiger partial charge in [-0.25, -0.2) is 4.99 Å². The van der Waals surface area contributed by atoms with Crippen LogP contribution in [0.4, 0.5) is 5.69 Å². The van der Waals surface area contributed by atoms with Crippen LogP contribution < -0.4 is 29.7 Å². The maximum Gasteiger partial charge on any atom is 0.271 e. The molecule has 4 aromatic carbocycles. The lowest BCUT2D eigenvalue weighted by Gasteiger charge is -2.25. The molecule has 2 heterocycles. The molecule has 0 unspecified atom stereocenters. The molecule has 0 aliphatic carbocycles. The average molecular weight is 792 g/mol. The molecule has 0 saturated heterocycles. The number of fused-ring (bicyclic) bond motifs is 1. The van der Waals surface area contributed by atoms with E-state index in [0.29, 0.717) is 44.4 Å². The van der Waals surface area contributed by atoms with Crippen LogP contribution in [0.3, 0.4) is 0 Å². The summed E-state index contributed by atoms with van der Waals surface area (Å²) in [5.74, 6) is 0.968. The Hall–Kier alpha value is -4.00. The molecular formula is C35H27BrIN3O4S. The molecule has 10 heteroatoms. The zero-order valence-corrected chi connectivity index (χ0v) is 28.9. The summed E-state index contributed by atoms with van der Waals surface area (Å²) in [7, 11) is 1.59. The van der Waals surface area contributed by atoms with Crippen LogP contribution in [0.1, 0.15) is 29.7 Å². The van der Waals surface area contributed by atoms with E-state index in [0.717, 1.165) is 24.7 Å². The van der Waals surface area contributed by atoms with Crippen molar-refractivity contribution in [1.82, 2.24) is 4.57 Å². The van der Waals surface area contributed by atoms with Crippen LogP contribution in [0.25, 0.3) is 6.08 Å². The molecule has 0 fully saturated rings. The van der Waals surface area contributed by atoms with Crippen LogP contribution in [0.2, 0.25) is 0 Å². The van der Waals surface area contributed by atoms with Gasteiger partial charge in [-0.05, 0) is 83.1 Å². The molecule has 45 heavy (non-hydrogen) atoms. The molecule has 7 nitrogen and oxygen atoms in total. The molecule has 1 N–H and O–H groups in total. The number of carbonyl (C=O) groups is 1. The van der Waals surface area contributed by atoms with Crippen LogP contribution in [0, 0.1) is 3.57 Å². The number of anilines is 1. The second-order valence-corrected chi connectivity index (χ2v) is 13.3. The van der Waals surface area contributed by atoms with E-state index in [-0.39, 0.29) is 11.5 Å². The fraction of sp³-hybridized carbons (Fsp3) is 0.114. The molecule has 1 atom stereocenters. The summed E-state index contributed by atoms with van der Waals surface area (Å²) in [5, 5.41) is 2.98. The van der Waals surface area contributed by atoms with Crippen molar-refractivity contribution in [3.63, 3.8) is 0 Å². The van der Waals surface area contributed by atoms with Crippen LogP contribution >= 0.6 is 49.9 Å². The third kappa shape index (κ3) is 6.68. The summed E-state index contributed by atoms with van der Waals surface area (Å²) in [6, 6.07) is 29.8. The van der Waals surface area contributed by atoms with Gasteiger partial charge in [-0.15, -0.1) is 0 Å². The lowest BCUT2D eigenvalue weighted by molar-refractivity contribution is -0.113. The SMILES string of the molecule is COc1cccc([C@@H]2C(C(=O)Nc3ccccc3)=C(C)N=c3s/c(=C\c4cc(Br)cc(I)c4OCc4ccccc4)c(=O)n32)c1. The number of methoxy groups -OCH3 is 1. The van der Waals surface area contributed by atoms with E-state index in [1.165, 1.54) is 11.3 Å². The number of thiazole rings is 1. The molecule has 0 saturated carbocycles. The molecule has 1 aliphatic rings. The van der Waals surface area contributed by atoms with Crippen molar-refractivity contribution >= 4 is 67.5 Å². The topological polar surface area (TPSA) is 81.9 Å². The number of para-hydroxylation sites is 1. The number of benzene rings is 4. The Labute approximate surface area is 285 Å². The highest BCUT2D eigenvalue weighted by Crippen LogP contribution is 2.33. The molecule has 0 bridgehead atoms. The largest absolute Gasteiger partial charge is 0.497 e. The number of ether oxygens (including phenoxy) is 2. The Morgan fingerprint density at radius 3 is 2.51 bits per heavy atom. The monoisotopic (exact) mass is 791 g/mol. The Bertz CT molecular complexity index is 2110. The quantitative estimate of drug-likeness (QED) is 0.175. The van der Waals surface area contributed by atoms with Gasteiger partial charge in [-0.3, -0.25) is 14.2 Å². The number of carbonyl (C=O) groups excluding carboxylic acids is 1. The molecular weight excluding hydrogens is 765 g/mol. The molecule has 5 aromatic rings. The number of rotatable bonds is 8. The number of nitrogens with zero attached hydrogens (tertiary/aromatic N) is 2. The summed E-state index contributed by atoms with van der Waals surface area (Å²) < 4.78 is 15.6. The van der Waals surface area contributed by atoms with Crippen LogP contribution in [0.15, 0.2) is 123 Å². The number of aromatic nitrogens is 1. The zero-order chi connectivity index (χ0) is 31.5. The van der Waals surface area contributed by atoms with Gasteiger partial charge in [0.2, 0.25) is 0 Å². The van der Waals surface area contributed by atoms with Crippen molar-refractivity contribution in [3.05, 3.63) is 153 Å². The highest BCUT2D eigenvalue weighted by Gasteiger charge is 2.33. The smallest absolute Gasteiger partial charge is 0.271 e. The lowest BCUT2D eigenvalue weighted by Crippen LogP contribution is -2.40. The summed E-state index contributed by atoms with van der Waals surface area (Å²) in [4.78, 5) is 33.4. The average Bonchev–Trinajstić information content (AvgIpc) is 3.34. The first-order chi connectivity index (χ1) is 21.8. The summed E-state index contributed by atoms with van der Waals surface area (Å²) in [5.41, 5.74) is 3.84. The van der Waals surface area contributed by atoms with Crippen molar-refractivity contribution in [2.75, 3.05) is 12.4 Å². The van der Waals surface area contributed by atoms with Crippen molar-refractivity contribution in [2.24, 2.45) is 4.99 Å². The second kappa shape index (κ2) is 13.6. The van der Waals surface area contributed by atoms with Gasteiger partial charge in [0, 0.05) is 15.7 Å². The zero-order valence-electron chi connectivity index (χ0n) is 24.3. The van der Waals surface area contributed by atoms with Gasteiger partial charge in [0.25, 0.3) is 11.5 Å². The van der Waals surface area contributed by atoms with Gasteiger partial charge in [0.15, 0.2) is 4.80 Å². The Balaban J connectivity index is 1.48. The molecule has 1 amide bonds. The Morgan fingerprint density at radius 2 is 1.78 bits per heavy atom. The van der Waals surface area contributed by atoms with E-state index in [9.17, 15) is 9.59 Å². The molecule has 226 valence electrons. The van der Waals surface area contributed by atoms with Gasteiger partial charge in [0.1, 0.15) is 18.1 Å². The molecule has 0 spiro atoms. The van der Waals surface area contributed by atoms with Gasteiger partial charge in [0.05, 0.1) is 32.5 Å². The summed E-state index contributed by atoms with van der Waals surface area (Å²) >= 11 is 7.13. The Kier molecular flexibility index (Phi) is 9.34. The predicted octanol–water partition coefficient (Wildman–Crippen LogP) is 6.83. The van der Waals surface area contributed by atoms with Crippen LogP contribution in [0.5, 0.6) is 11.5 Å². The number of amides is 1. The van der Waals surface area contributed by atoms with Gasteiger partial charge < -0.3 is 14.8 Å². The molecule has 6 rings (SSSR count). The summed E-state index contributed by atoms with van der Waals surface area (Å²) in [6.07, 6.45) is 1.84. The minimum Gasteiger partial charge on any atom is -0.497 e. The van der Waals surface area contributed by atoms with Crippen LogP contribution in [-0.4, -0.2) is 17.6 Å². The first-order valence-corrected chi connectivity index (χ1v) is 16.7. The maximum absolute atomic E-state index is 14.3. The number of hydrogen-bond acceptors (Lipinski definition) is 6. The highest BCUT2D eigenvalue weighted by molar-refractivity contribution is 14.1. The third-order valence-electron chi connectivity index (χ3n) is 7.26. The van der Waals surface area contributed by atoms with E-state index < -0.39 is 6.04 Å². The molecule has 1 aliphatic heterocycles. The number of halogens is 2. The highest BCUT2D eigenvalue weighted by atomic mass is 127. The lowest BCUT2D eigenvalue weighted by atomic mass is 9.95.